The van der Waals surface area contributed by atoms with Crippen LogP contribution in [0.2, 0.25) is 0 Å². The van der Waals surface area contributed by atoms with Crippen LogP contribution in [0.4, 0.5) is 13.2 Å². The molecule has 0 aromatic heterocycles. The predicted octanol–water partition coefficient (Wildman–Crippen LogP) is 2.09. The molecule has 230 valence electrons. The molecule has 9 atom stereocenters. The minimum absolute atomic E-state index is 0.0315. The number of hydrogen-bond donors (Lipinski definition) is 5. The number of nitrogens with zero attached hydrogens (tertiary/aromatic N) is 2. The van der Waals surface area contributed by atoms with E-state index in [0.29, 0.717) is 47.8 Å². The fraction of sp³-hybridized carbons (Fsp3) is 1.00. The smallest absolute Gasteiger partial charge is 0.366 e. The fourth-order valence-corrected chi connectivity index (χ4v) is 9.05. The molecule has 6 aliphatic rings. The van der Waals surface area contributed by atoms with E-state index in [1.54, 1.807) is 0 Å². The molecule has 9 unspecified atom stereocenters. The van der Waals surface area contributed by atoms with Gasteiger partial charge in [0.15, 0.2) is 0 Å². The van der Waals surface area contributed by atoms with Crippen LogP contribution in [0.5, 0.6) is 0 Å². The second-order valence-corrected chi connectivity index (χ2v) is 14.0. The van der Waals surface area contributed by atoms with Crippen LogP contribution in [0.15, 0.2) is 0 Å². The van der Waals surface area contributed by atoms with Crippen molar-refractivity contribution >= 4 is 0 Å². The first kappa shape index (κ1) is 29.5. The highest BCUT2D eigenvalue weighted by Gasteiger charge is 2.52. The standard InChI is InChI=1S/C29H52F3N7O/c1-16(2)39-13-20(11-17-5-7-19(8-6-17)27-36-22(14-38(27)3)29(30,31)32)24-21(39)12-33-26(37-24)23-25(18-9-10-18)34-15-35-28(23)40-4/h16-28,33-37H,5-15H2,1-4H3. The first-order valence-corrected chi connectivity index (χ1v) is 15.9. The molecule has 0 aromatic carbocycles. The molecule has 0 amide bonds. The molecule has 8 nitrogen and oxygen atoms in total. The molecule has 0 radical (unpaired) electrons. The molecule has 2 aliphatic carbocycles. The Kier molecular flexibility index (Phi) is 8.76. The average molecular weight is 572 g/mol. The summed E-state index contributed by atoms with van der Waals surface area (Å²) in [5, 5.41) is 18.2. The largest absolute Gasteiger partial charge is 0.405 e. The predicted molar refractivity (Wildman–Crippen MR) is 149 cm³/mol. The Bertz CT molecular complexity index is 852. The fourth-order valence-electron chi connectivity index (χ4n) is 9.05. The zero-order valence-corrected chi connectivity index (χ0v) is 24.7. The minimum Gasteiger partial charge on any atom is -0.366 e. The van der Waals surface area contributed by atoms with Crippen molar-refractivity contribution < 1.29 is 17.9 Å². The van der Waals surface area contributed by atoms with E-state index in [4.69, 9.17) is 4.74 Å². The lowest BCUT2D eigenvalue weighted by Gasteiger charge is -2.48. The van der Waals surface area contributed by atoms with Gasteiger partial charge in [-0.05, 0) is 76.7 Å². The van der Waals surface area contributed by atoms with Gasteiger partial charge < -0.3 is 10.1 Å². The Labute approximate surface area is 238 Å². The molecule has 40 heavy (non-hydrogen) atoms. The maximum Gasteiger partial charge on any atom is 0.405 e. The zero-order valence-electron chi connectivity index (χ0n) is 24.7. The first-order valence-electron chi connectivity index (χ1n) is 15.9. The highest BCUT2D eigenvalue weighted by Crippen LogP contribution is 2.42. The van der Waals surface area contributed by atoms with Crippen molar-refractivity contribution in [2.45, 2.75) is 114 Å². The van der Waals surface area contributed by atoms with Crippen molar-refractivity contribution in [2.24, 2.45) is 29.6 Å². The van der Waals surface area contributed by atoms with Crippen LogP contribution in [-0.4, -0.2) is 105 Å². The SMILES string of the molecule is COC1NCNC(C2CC2)C1C1NCC2C(N1)C(CC1CCC(C3NC(C(F)(F)F)CN3C)CC1)CN2C(C)C. The Morgan fingerprint density at radius 2 is 1.62 bits per heavy atom. The average Bonchev–Trinajstić information content (AvgIpc) is 3.61. The Hall–Kier alpha value is -0.530. The summed E-state index contributed by atoms with van der Waals surface area (Å²) in [6, 6.07) is 0.494. The van der Waals surface area contributed by atoms with Gasteiger partial charge >= 0.3 is 6.18 Å². The van der Waals surface area contributed by atoms with Crippen LogP contribution < -0.4 is 26.6 Å². The molecule has 5 N–H and O–H groups in total. The molecule has 2 saturated carbocycles. The highest BCUT2D eigenvalue weighted by atomic mass is 19.4. The van der Waals surface area contributed by atoms with Crippen molar-refractivity contribution in [1.82, 2.24) is 36.4 Å². The van der Waals surface area contributed by atoms with E-state index in [1.165, 1.54) is 19.3 Å². The summed E-state index contributed by atoms with van der Waals surface area (Å²) >= 11 is 0. The third kappa shape index (κ3) is 5.96. The van der Waals surface area contributed by atoms with E-state index in [-0.39, 0.29) is 25.1 Å². The number of ether oxygens (including phenoxy) is 1. The van der Waals surface area contributed by atoms with E-state index >= 15 is 0 Å². The van der Waals surface area contributed by atoms with Gasteiger partial charge in [0.1, 0.15) is 12.3 Å². The lowest BCUT2D eigenvalue weighted by molar-refractivity contribution is -0.150. The van der Waals surface area contributed by atoms with Gasteiger partial charge in [-0.1, -0.05) is 12.8 Å². The lowest BCUT2D eigenvalue weighted by atomic mass is 9.75. The van der Waals surface area contributed by atoms with Crippen LogP contribution in [0.1, 0.15) is 58.8 Å². The van der Waals surface area contributed by atoms with Gasteiger partial charge in [-0.2, -0.15) is 13.2 Å². The van der Waals surface area contributed by atoms with Gasteiger partial charge in [0.2, 0.25) is 0 Å². The summed E-state index contributed by atoms with van der Waals surface area (Å²) in [5.41, 5.74) is 0. The minimum atomic E-state index is -4.17. The maximum atomic E-state index is 13.3. The van der Waals surface area contributed by atoms with Crippen molar-refractivity contribution in [2.75, 3.05) is 40.5 Å². The topological polar surface area (TPSA) is 75.9 Å². The molecule has 0 aromatic rings. The number of likely N-dealkylation sites (N-methyl/N-ethyl adjacent to an activating group) is 1. The van der Waals surface area contributed by atoms with E-state index in [2.05, 4.69) is 45.3 Å². The molecule has 4 saturated heterocycles. The third-order valence-corrected chi connectivity index (χ3v) is 11.2. The van der Waals surface area contributed by atoms with Crippen molar-refractivity contribution in [1.29, 1.82) is 0 Å². The Balaban J connectivity index is 1.09. The summed E-state index contributed by atoms with van der Waals surface area (Å²) in [5.74, 6) is 2.61. The number of alkyl halides is 3. The summed E-state index contributed by atoms with van der Waals surface area (Å²) in [6.07, 6.45) is 3.99. The third-order valence-electron chi connectivity index (χ3n) is 11.2. The van der Waals surface area contributed by atoms with Gasteiger partial charge in [-0.25, -0.2) is 0 Å². The number of methoxy groups -OCH3 is 1. The van der Waals surface area contributed by atoms with Gasteiger partial charge in [-0.3, -0.25) is 31.1 Å². The quantitative estimate of drug-likeness (QED) is 0.318. The van der Waals surface area contributed by atoms with Crippen molar-refractivity contribution in [3.05, 3.63) is 0 Å². The van der Waals surface area contributed by atoms with Gasteiger partial charge in [-0.15, -0.1) is 0 Å². The molecule has 6 rings (SSSR count). The van der Waals surface area contributed by atoms with Gasteiger partial charge in [0.25, 0.3) is 0 Å². The summed E-state index contributed by atoms with van der Waals surface area (Å²) in [7, 11) is 3.66. The van der Waals surface area contributed by atoms with E-state index in [1.807, 2.05) is 19.1 Å². The molecular weight excluding hydrogens is 519 g/mol. The molecular formula is C29H52F3N7O. The van der Waals surface area contributed by atoms with E-state index in [9.17, 15) is 13.2 Å². The number of nitrogens with one attached hydrogen (secondary N) is 5. The summed E-state index contributed by atoms with van der Waals surface area (Å²) in [6.45, 7) is 7.60. The van der Waals surface area contributed by atoms with Crippen LogP contribution in [0.25, 0.3) is 0 Å². The Morgan fingerprint density at radius 1 is 0.900 bits per heavy atom. The first-order chi connectivity index (χ1) is 19.1. The van der Waals surface area contributed by atoms with Crippen molar-refractivity contribution in [3.8, 4) is 0 Å². The Morgan fingerprint density at radius 3 is 2.25 bits per heavy atom. The normalized spacial score (nSPS) is 45.8. The second kappa shape index (κ2) is 11.9. The highest BCUT2D eigenvalue weighted by molar-refractivity contribution is 5.08. The molecule has 6 fully saturated rings. The van der Waals surface area contributed by atoms with Crippen LogP contribution in [0.3, 0.4) is 0 Å². The molecule has 4 heterocycles. The number of fused-ring (bicyclic) bond motifs is 1. The van der Waals surface area contributed by atoms with Crippen molar-refractivity contribution in [3.63, 3.8) is 0 Å². The van der Waals surface area contributed by atoms with Crippen LogP contribution >= 0.6 is 0 Å². The number of rotatable bonds is 7. The lowest BCUT2D eigenvalue weighted by Crippen LogP contribution is -2.72. The molecule has 0 bridgehead atoms. The molecule has 0 spiro atoms. The van der Waals surface area contributed by atoms with Gasteiger partial charge in [0.05, 0.1) is 12.3 Å². The number of hydrogen-bond acceptors (Lipinski definition) is 8. The molecule has 11 heteroatoms. The monoisotopic (exact) mass is 571 g/mol. The van der Waals surface area contributed by atoms with Crippen LogP contribution in [0, 0.1) is 29.6 Å². The number of halogens is 3. The van der Waals surface area contributed by atoms with Crippen LogP contribution in [-0.2, 0) is 4.74 Å². The number of likely N-dealkylation sites (tertiary alicyclic amines) is 1. The van der Waals surface area contributed by atoms with E-state index in [0.717, 1.165) is 51.4 Å². The summed E-state index contributed by atoms with van der Waals surface area (Å²) < 4.78 is 45.9. The van der Waals surface area contributed by atoms with Gasteiger partial charge in [0, 0.05) is 63.5 Å². The second-order valence-electron chi connectivity index (χ2n) is 14.0. The zero-order chi connectivity index (χ0) is 28.2. The summed E-state index contributed by atoms with van der Waals surface area (Å²) in [4.78, 5) is 4.58. The molecule has 4 aliphatic heterocycles. The maximum absolute atomic E-state index is 13.3. The van der Waals surface area contributed by atoms with E-state index < -0.39 is 12.2 Å².